The van der Waals surface area contributed by atoms with E-state index in [-0.39, 0.29) is 11.8 Å². The summed E-state index contributed by atoms with van der Waals surface area (Å²) in [6.45, 7) is 4.86. The number of carbonyl (C=O) groups is 2. The Hall–Kier alpha value is -1.40. The van der Waals surface area contributed by atoms with Gasteiger partial charge < -0.3 is 14.5 Å². The maximum absolute atomic E-state index is 12.7. The average molecular weight is 367 g/mol. The van der Waals surface area contributed by atoms with Gasteiger partial charge in [0.25, 0.3) is 0 Å². The highest BCUT2D eigenvalue weighted by molar-refractivity contribution is 9.10. The standard InChI is InChI=1S/C16H19BrN2O3/c1-11-10-12(17)2-3-14(11)19-5-4-13(16(19)21)15(20)18-6-8-22-9-7-18/h2-3,10,13H,4-9H2,1H3/t13-/m1/s1. The van der Waals surface area contributed by atoms with Gasteiger partial charge in [0.15, 0.2) is 0 Å². The number of nitrogens with zero attached hydrogens (tertiary/aromatic N) is 2. The van der Waals surface area contributed by atoms with Crippen molar-refractivity contribution in [2.75, 3.05) is 37.7 Å². The maximum atomic E-state index is 12.7. The highest BCUT2D eigenvalue weighted by atomic mass is 79.9. The van der Waals surface area contributed by atoms with Crippen molar-refractivity contribution in [1.29, 1.82) is 0 Å². The molecule has 5 nitrogen and oxygen atoms in total. The number of hydrogen-bond acceptors (Lipinski definition) is 3. The molecule has 2 fully saturated rings. The zero-order valence-corrected chi connectivity index (χ0v) is 14.1. The zero-order chi connectivity index (χ0) is 15.7. The minimum atomic E-state index is -0.541. The van der Waals surface area contributed by atoms with Crippen molar-refractivity contribution in [2.45, 2.75) is 13.3 Å². The second-order valence-electron chi connectivity index (χ2n) is 5.70. The second kappa shape index (κ2) is 6.38. The molecular formula is C16H19BrN2O3. The third kappa shape index (κ3) is 2.90. The van der Waals surface area contributed by atoms with Gasteiger partial charge in [-0.1, -0.05) is 15.9 Å². The number of anilines is 1. The van der Waals surface area contributed by atoms with Gasteiger partial charge in [-0.15, -0.1) is 0 Å². The summed E-state index contributed by atoms with van der Waals surface area (Å²) in [7, 11) is 0. The van der Waals surface area contributed by atoms with Gasteiger partial charge in [-0.2, -0.15) is 0 Å². The van der Waals surface area contributed by atoms with E-state index in [1.165, 1.54) is 0 Å². The molecule has 0 unspecified atom stereocenters. The molecule has 2 saturated heterocycles. The van der Waals surface area contributed by atoms with Gasteiger partial charge in [0.1, 0.15) is 5.92 Å². The number of rotatable bonds is 2. The van der Waals surface area contributed by atoms with Crippen molar-refractivity contribution in [3.63, 3.8) is 0 Å². The lowest BCUT2D eigenvalue weighted by atomic mass is 10.1. The lowest BCUT2D eigenvalue weighted by Crippen LogP contribution is -2.45. The first-order valence-corrected chi connectivity index (χ1v) is 8.31. The fourth-order valence-corrected chi connectivity index (χ4v) is 3.55. The van der Waals surface area contributed by atoms with Crippen LogP contribution in [0.2, 0.25) is 0 Å². The van der Waals surface area contributed by atoms with Gasteiger partial charge in [0.2, 0.25) is 11.8 Å². The first-order chi connectivity index (χ1) is 10.6. The Morgan fingerprint density at radius 2 is 2.00 bits per heavy atom. The number of halogens is 1. The fraction of sp³-hybridized carbons (Fsp3) is 0.500. The molecule has 118 valence electrons. The molecule has 2 amide bonds. The third-order valence-electron chi connectivity index (χ3n) is 4.28. The van der Waals surface area contributed by atoms with Crippen LogP contribution >= 0.6 is 15.9 Å². The van der Waals surface area contributed by atoms with Gasteiger partial charge in [0, 0.05) is 29.8 Å². The molecule has 6 heteroatoms. The number of morpholine rings is 1. The molecule has 0 aliphatic carbocycles. The molecule has 0 radical (unpaired) electrons. The summed E-state index contributed by atoms with van der Waals surface area (Å²) in [5.41, 5.74) is 1.92. The number of carbonyl (C=O) groups excluding carboxylic acids is 2. The normalized spacial score (nSPS) is 22.3. The van der Waals surface area contributed by atoms with E-state index in [4.69, 9.17) is 4.74 Å². The lowest BCUT2D eigenvalue weighted by Gasteiger charge is -2.28. The molecule has 0 saturated carbocycles. The third-order valence-corrected chi connectivity index (χ3v) is 4.77. The van der Waals surface area contributed by atoms with Crippen LogP contribution in [-0.4, -0.2) is 49.6 Å². The van der Waals surface area contributed by atoms with Gasteiger partial charge >= 0.3 is 0 Å². The van der Waals surface area contributed by atoms with E-state index in [0.717, 1.165) is 15.7 Å². The molecule has 1 aromatic rings. The van der Waals surface area contributed by atoms with E-state index < -0.39 is 5.92 Å². The molecule has 1 atom stereocenters. The van der Waals surface area contributed by atoms with Crippen LogP contribution < -0.4 is 4.90 Å². The quantitative estimate of drug-likeness (QED) is 0.751. The van der Waals surface area contributed by atoms with Gasteiger partial charge in [-0.25, -0.2) is 0 Å². The topological polar surface area (TPSA) is 49.9 Å². The first kappa shape index (κ1) is 15.5. The molecule has 0 bridgehead atoms. The average Bonchev–Trinajstić information content (AvgIpc) is 2.89. The molecule has 2 aliphatic rings. The summed E-state index contributed by atoms with van der Waals surface area (Å²) in [5, 5.41) is 0. The van der Waals surface area contributed by atoms with Crippen LogP contribution in [0.5, 0.6) is 0 Å². The summed E-state index contributed by atoms with van der Waals surface area (Å²) in [6, 6.07) is 5.84. The van der Waals surface area contributed by atoms with Crippen LogP contribution in [0.4, 0.5) is 5.69 Å². The van der Waals surface area contributed by atoms with Crippen molar-refractivity contribution >= 4 is 33.4 Å². The van der Waals surface area contributed by atoms with Crippen molar-refractivity contribution in [3.8, 4) is 0 Å². The summed E-state index contributed by atoms with van der Waals surface area (Å²) in [6.07, 6.45) is 0.588. The number of aryl methyl sites for hydroxylation is 1. The van der Waals surface area contributed by atoms with Crippen LogP contribution in [0, 0.1) is 12.8 Å². The minimum absolute atomic E-state index is 0.0504. The summed E-state index contributed by atoms with van der Waals surface area (Å²) >= 11 is 3.43. The molecule has 0 N–H and O–H groups in total. The van der Waals surface area contributed by atoms with E-state index >= 15 is 0 Å². The highest BCUT2D eigenvalue weighted by Crippen LogP contribution is 2.30. The van der Waals surface area contributed by atoms with E-state index in [1.54, 1.807) is 9.80 Å². The Labute approximate surface area is 138 Å². The summed E-state index contributed by atoms with van der Waals surface area (Å²) in [5.74, 6) is -0.673. The van der Waals surface area contributed by atoms with Gasteiger partial charge in [0.05, 0.1) is 13.2 Å². The number of benzene rings is 1. The van der Waals surface area contributed by atoms with E-state index in [0.29, 0.717) is 39.3 Å². The van der Waals surface area contributed by atoms with Crippen LogP contribution in [0.1, 0.15) is 12.0 Å². The largest absolute Gasteiger partial charge is 0.378 e. The molecular weight excluding hydrogens is 348 g/mol. The van der Waals surface area contributed by atoms with E-state index in [1.807, 2.05) is 25.1 Å². The van der Waals surface area contributed by atoms with Crippen LogP contribution in [0.3, 0.4) is 0 Å². The Balaban J connectivity index is 1.75. The molecule has 2 heterocycles. The molecule has 22 heavy (non-hydrogen) atoms. The smallest absolute Gasteiger partial charge is 0.239 e. The Morgan fingerprint density at radius 1 is 1.27 bits per heavy atom. The molecule has 1 aromatic carbocycles. The zero-order valence-electron chi connectivity index (χ0n) is 12.5. The Bertz CT molecular complexity index is 599. The van der Waals surface area contributed by atoms with Crippen LogP contribution in [0.15, 0.2) is 22.7 Å². The van der Waals surface area contributed by atoms with Crippen LogP contribution in [0.25, 0.3) is 0 Å². The van der Waals surface area contributed by atoms with Crippen molar-refractivity contribution in [3.05, 3.63) is 28.2 Å². The van der Waals surface area contributed by atoms with E-state index in [2.05, 4.69) is 15.9 Å². The van der Waals surface area contributed by atoms with Gasteiger partial charge in [-0.3, -0.25) is 9.59 Å². The molecule has 2 aliphatic heterocycles. The van der Waals surface area contributed by atoms with Crippen molar-refractivity contribution in [1.82, 2.24) is 4.90 Å². The fourth-order valence-electron chi connectivity index (χ4n) is 3.07. The predicted octanol–water partition coefficient (Wildman–Crippen LogP) is 1.97. The second-order valence-corrected chi connectivity index (χ2v) is 6.62. The molecule has 0 aromatic heterocycles. The van der Waals surface area contributed by atoms with Gasteiger partial charge in [-0.05, 0) is 37.1 Å². The highest BCUT2D eigenvalue weighted by Gasteiger charge is 2.40. The number of amides is 2. The van der Waals surface area contributed by atoms with Crippen molar-refractivity contribution < 1.29 is 14.3 Å². The summed E-state index contributed by atoms with van der Waals surface area (Å²) in [4.78, 5) is 28.7. The molecule has 0 spiro atoms. The van der Waals surface area contributed by atoms with E-state index in [9.17, 15) is 9.59 Å². The maximum Gasteiger partial charge on any atom is 0.239 e. The Morgan fingerprint density at radius 3 is 2.68 bits per heavy atom. The van der Waals surface area contributed by atoms with Crippen LogP contribution in [-0.2, 0) is 14.3 Å². The minimum Gasteiger partial charge on any atom is -0.378 e. The summed E-state index contributed by atoms with van der Waals surface area (Å²) < 4.78 is 6.25. The first-order valence-electron chi connectivity index (χ1n) is 7.52. The Kier molecular flexibility index (Phi) is 4.49. The molecule has 3 rings (SSSR count). The number of ether oxygens (including phenoxy) is 1. The van der Waals surface area contributed by atoms with Crippen molar-refractivity contribution in [2.24, 2.45) is 5.92 Å². The number of hydrogen-bond donors (Lipinski definition) is 0. The predicted molar refractivity (Wildman–Crippen MR) is 86.7 cm³/mol. The monoisotopic (exact) mass is 366 g/mol. The SMILES string of the molecule is Cc1cc(Br)ccc1N1CC[C@H](C(=O)N2CCOCC2)C1=O. The lowest BCUT2D eigenvalue weighted by molar-refractivity contribution is -0.143.